The lowest BCUT2D eigenvalue weighted by Crippen LogP contribution is -2.48. The van der Waals surface area contributed by atoms with Crippen LogP contribution < -0.4 is 0 Å². The normalized spacial score (nSPS) is 15.7. The number of nitrogens with zero attached hydrogens (tertiary/aromatic N) is 5. The van der Waals surface area contributed by atoms with E-state index in [1.165, 1.54) is 11.3 Å². The largest absolute Gasteiger partial charge is 0.461 e. The van der Waals surface area contributed by atoms with Crippen molar-refractivity contribution in [1.29, 1.82) is 0 Å². The number of hydrogen-bond acceptors (Lipinski definition) is 7. The summed E-state index contributed by atoms with van der Waals surface area (Å²) in [4.78, 5) is 35.3. The molecule has 1 heterocycles. The van der Waals surface area contributed by atoms with E-state index in [0.717, 1.165) is 36.0 Å². The predicted octanol–water partition coefficient (Wildman–Crippen LogP) is 7.37. The molecule has 0 aliphatic heterocycles. The SMILES string of the molecule is CCOC(=O)c1csc([C@@H](C[C@H](C(C)CC)N(C)C(=O)[C@@H](N=[N+]=[N-])[C@@H](C)CC)O[Si](CC)(CC)CC)n1. The van der Waals surface area contributed by atoms with E-state index in [4.69, 9.17) is 14.7 Å². The zero-order valence-corrected chi connectivity index (χ0v) is 26.0. The average Bonchev–Trinajstić information content (AvgIpc) is 3.41. The Balaban J connectivity index is 3.48. The van der Waals surface area contributed by atoms with Gasteiger partial charge in [-0.15, -0.1) is 11.3 Å². The summed E-state index contributed by atoms with van der Waals surface area (Å²) in [5.41, 5.74) is 9.41. The van der Waals surface area contributed by atoms with Crippen molar-refractivity contribution in [3.8, 4) is 0 Å². The number of carbonyl (C=O) groups excluding carboxylic acids is 2. The molecule has 0 saturated heterocycles. The summed E-state index contributed by atoms with van der Waals surface area (Å²) in [5, 5.41) is 6.32. The van der Waals surface area contributed by atoms with Gasteiger partial charge < -0.3 is 14.1 Å². The maximum atomic E-state index is 13.6. The van der Waals surface area contributed by atoms with Gasteiger partial charge in [0.1, 0.15) is 11.0 Å². The first-order chi connectivity index (χ1) is 17.6. The summed E-state index contributed by atoms with van der Waals surface area (Å²) in [5.74, 6) is -0.506. The van der Waals surface area contributed by atoms with Crippen LogP contribution in [0.15, 0.2) is 10.5 Å². The molecule has 0 N–H and O–H groups in total. The summed E-state index contributed by atoms with van der Waals surface area (Å²) in [6.45, 7) is 16.8. The molecular formula is C26H47N5O4SSi. The third kappa shape index (κ3) is 8.80. The Morgan fingerprint density at radius 2 is 1.70 bits per heavy atom. The summed E-state index contributed by atoms with van der Waals surface area (Å²) in [6.07, 6.45) is 1.80. The quantitative estimate of drug-likeness (QED) is 0.0656. The van der Waals surface area contributed by atoms with E-state index < -0.39 is 20.3 Å². The molecular weight excluding hydrogens is 506 g/mol. The van der Waals surface area contributed by atoms with E-state index in [-0.39, 0.29) is 42.2 Å². The van der Waals surface area contributed by atoms with Crippen LogP contribution in [0.1, 0.15) is 96.3 Å². The molecule has 1 amide bonds. The van der Waals surface area contributed by atoms with Crippen LogP contribution in [0.3, 0.4) is 0 Å². The zero-order valence-electron chi connectivity index (χ0n) is 24.2. The van der Waals surface area contributed by atoms with Crippen LogP contribution in [0, 0.1) is 11.8 Å². The molecule has 11 heteroatoms. The second-order valence-electron chi connectivity index (χ2n) is 9.81. The van der Waals surface area contributed by atoms with Crippen LogP contribution in [0.25, 0.3) is 10.4 Å². The van der Waals surface area contributed by atoms with Crippen molar-refractivity contribution >= 4 is 31.5 Å². The van der Waals surface area contributed by atoms with Gasteiger partial charge in [-0.1, -0.05) is 66.4 Å². The summed E-state index contributed by atoms with van der Waals surface area (Å²) >= 11 is 1.40. The second kappa shape index (κ2) is 16.1. The number of esters is 1. The van der Waals surface area contributed by atoms with Crippen LogP contribution >= 0.6 is 11.3 Å². The molecule has 9 nitrogen and oxygen atoms in total. The summed E-state index contributed by atoms with van der Waals surface area (Å²) in [6, 6.07) is 2.01. The Hall–Kier alpha value is -1.94. The zero-order chi connectivity index (χ0) is 28.2. The highest BCUT2D eigenvalue weighted by Crippen LogP contribution is 2.37. The maximum absolute atomic E-state index is 13.6. The van der Waals surface area contributed by atoms with E-state index >= 15 is 0 Å². The smallest absolute Gasteiger partial charge is 0.357 e. The third-order valence-electron chi connectivity index (χ3n) is 7.82. The predicted molar refractivity (Wildman–Crippen MR) is 152 cm³/mol. The maximum Gasteiger partial charge on any atom is 0.357 e. The number of ether oxygens (including phenoxy) is 1. The first-order valence-corrected chi connectivity index (χ1v) is 17.1. The molecule has 0 saturated carbocycles. The highest BCUT2D eigenvalue weighted by atomic mass is 32.1. The summed E-state index contributed by atoms with van der Waals surface area (Å²) < 4.78 is 12.1. The van der Waals surface area contributed by atoms with Crippen molar-refractivity contribution < 1.29 is 18.8 Å². The van der Waals surface area contributed by atoms with Crippen LogP contribution in [0.2, 0.25) is 18.1 Å². The molecule has 1 rings (SSSR count). The molecule has 0 spiro atoms. The molecule has 1 unspecified atom stereocenters. The average molecular weight is 554 g/mol. The van der Waals surface area contributed by atoms with E-state index in [1.54, 1.807) is 24.3 Å². The number of likely N-dealkylation sites (N-methyl/N-ethyl adjacent to an activating group) is 1. The van der Waals surface area contributed by atoms with Crippen LogP contribution in [0.4, 0.5) is 0 Å². The monoisotopic (exact) mass is 553 g/mol. The molecule has 1 aromatic rings. The van der Waals surface area contributed by atoms with Gasteiger partial charge in [-0.3, -0.25) is 4.79 Å². The number of rotatable bonds is 17. The number of thiazole rings is 1. The second-order valence-corrected chi connectivity index (χ2v) is 15.4. The Bertz CT molecular complexity index is 895. The standard InChI is InChI=1S/C26H47N5O4SSi/c1-10-18(7)21(31(9)25(32)23(29-30-27)19(8)11-2)16-22(35-37(13-4,14-5)15-6)24-28-20(17-36-24)26(33)34-12-3/h17-19,21-23H,10-16H2,1-9H3/t18?,19-,21+,22+,23-/m0/s1. The van der Waals surface area contributed by atoms with Gasteiger partial charge in [0.2, 0.25) is 5.91 Å². The number of hydrogen-bond donors (Lipinski definition) is 0. The first kappa shape index (κ1) is 33.1. The van der Waals surface area contributed by atoms with Gasteiger partial charge in [0.25, 0.3) is 0 Å². The molecule has 37 heavy (non-hydrogen) atoms. The highest BCUT2D eigenvalue weighted by Gasteiger charge is 2.38. The number of amides is 1. The lowest BCUT2D eigenvalue weighted by atomic mass is 9.91. The molecule has 5 atom stereocenters. The van der Waals surface area contributed by atoms with E-state index in [2.05, 4.69) is 49.6 Å². The fraction of sp³-hybridized carbons (Fsp3) is 0.808. The van der Waals surface area contributed by atoms with Crippen molar-refractivity contribution in [2.75, 3.05) is 13.7 Å². The molecule has 210 valence electrons. The minimum absolute atomic E-state index is 0.0677. The molecule has 0 fully saturated rings. The number of azide groups is 1. The lowest BCUT2D eigenvalue weighted by Gasteiger charge is -2.39. The fourth-order valence-corrected chi connectivity index (χ4v) is 8.28. The van der Waals surface area contributed by atoms with Crippen LogP contribution in [-0.2, 0) is 14.0 Å². The molecule has 1 aromatic heterocycles. The Morgan fingerprint density at radius 1 is 1.11 bits per heavy atom. The van der Waals surface area contributed by atoms with Gasteiger partial charge in [0, 0.05) is 23.4 Å². The molecule has 0 bridgehead atoms. The lowest BCUT2D eigenvalue weighted by molar-refractivity contribution is -0.136. The summed E-state index contributed by atoms with van der Waals surface area (Å²) in [7, 11) is -0.248. The van der Waals surface area contributed by atoms with E-state index in [0.29, 0.717) is 6.42 Å². The Labute approximate surface area is 228 Å². The minimum atomic E-state index is -2.05. The highest BCUT2D eigenvalue weighted by molar-refractivity contribution is 7.09. The van der Waals surface area contributed by atoms with Gasteiger partial charge in [0.05, 0.1) is 12.7 Å². The van der Waals surface area contributed by atoms with Crippen molar-refractivity contribution in [2.45, 2.75) is 111 Å². The van der Waals surface area contributed by atoms with Gasteiger partial charge >= 0.3 is 5.97 Å². The Kier molecular flexibility index (Phi) is 14.4. The van der Waals surface area contributed by atoms with Gasteiger partial charge in [0.15, 0.2) is 14.0 Å². The van der Waals surface area contributed by atoms with Crippen LogP contribution in [-0.4, -0.2) is 55.8 Å². The van der Waals surface area contributed by atoms with Gasteiger partial charge in [-0.25, -0.2) is 9.78 Å². The van der Waals surface area contributed by atoms with Crippen molar-refractivity contribution in [2.24, 2.45) is 17.0 Å². The van der Waals surface area contributed by atoms with E-state index in [9.17, 15) is 9.59 Å². The third-order valence-corrected chi connectivity index (χ3v) is 13.4. The van der Waals surface area contributed by atoms with Gasteiger partial charge in [-0.05, 0) is 48.8 Å². The van der Waals surface area contributed by atoms with E-state index in [1.807, 2.05) is 13.8 Å². The van der Waals surface area contributed by atoms with Crippen molar-refractivity contribution in [1.82, 2.24) is 9.88 Å². The number of carbonyl (C=O) groups is 2. The minimum Gasteiger partial charge on any atom is -0.461 e. The first-order valence-electron chi connectivity index (χ1n) is 13.7. The Morgan fingerprint density at radius 3 is 2.19 bits per heavy atom. The molecule has 0 radical (unpaired) electrons. The fourth-order valence-electron chi connectivity index (χ4n) is 4.56. The van der Waals surface area contributed by atoms with Gasteiger partial charge in [-0.2, -0.15) is 0 Å². The van der Waals surface area contributed by atoms with Crippen LogP contribution in [0.5, 0.6) is 0 Å². The molecule has 0 aliphatic rings. The van der Waals surface area contributed by atoms with Crippen molar-refractivity contribution in [3.63, 3.8) is 0 Å². The van der Waals surface area contributed by atoms with Crippen molar-refractivity contribution in [3.05, 3.63) is 26.5 Å². The molecule has 0 aromatic carbocycles. The topological polar surface area (TPSA) is 117 Å². The molecule has 0 aliphatic carbocycles. The number of aromatic nitrogens is 1.